The Balaban J connectivity index is 2.29. The van der Waals surface area contributed by atoms with E-state index in [-0.39, 0.29) is 0 Å². The van der Waals surface area contributed by atoms with Gasteiger partial charge in [0.2, 0.25) is 0 Å². The van der Waals surface area contributed by atoms with Crippen LogP contribution in [0.15, 0.2) is 47.4 Å². The first-order valence-corrected chi connectivity index (χ1v) is 6.70. The number of alkyl halides is 2. The summed E-state index contributed by atoms with van der Waals surface area (Å²) in [6, 6.07) is 12.0. The fraction of sp³-hybridized carbons (Fsp3) is 0.133. The van der Waals surface area contributed by atoms with Crippen LogP contribution in [0.4, 0.5) is 8.78 Å². The van der Waals surface area contributed by atoms with Crippen LogP contribution in [-0.2, 0) is 0 Å². The van der Waals surface area contributed by atoms with Crippen molar-refractivity contribution in [2.45, 2.75) is 10.7 Å². The van der Waals surface area contributed by atoms with Crippen molar-refractivity contribution < 1.29 is 18.3 Å². The molecule has 0 fully saturated rings. The fourth-order valence-electron chi connectivity index (χ4n) is 1.83. The molecule has 2 aromatic rings. The number of benzene rings is 2. The molecule has 0 atom stereocenters. The Bertz CT molecular complexity index is 597. The first kappa shape index (κ1) is 14.5. The molecule has 2 aromatic carbocycles. The summed E-state index contributed by atoms with van der Waals surface area (Å²) in [5, 5.41) is 0. The van der Waals surface area contributed by atoms with Gasteiger partial charge in [-0.15, -0.1) is 0 Å². The number of carbonyl (C=O) groups excluding carboxylic acids is 1. The third-order valence-electron chi connectivity index (χ3n) is 2.77. The predicted octanol–water partition coefficient (Wildman–Crippen LogP) is 4.49. The number of methoxy groups -OCH3 is 1. The molecule has 2 rings (SSSR count). The second-order valence-corrected chi connectivity index (χ2v) is 5.04. The molecule has 0 spiro atoms. The standard InChI is InChI=1S/C15H12F2O2S/c1-19-14-7-4-11(8-12(14)9-18)10-2-5-13(6-3-10)20-15(16)17/h2-9,15H,1H3. The minimum absolute atomic E-state index is 0.455. The highest BCUT2D eigenvalue weighted by Gasteiger charge is 2.07. The molecule has 5 heteroatoms. The van der Waals surface area contributed by atoms with Crippen molar-refractivity contribution in [2.24, 2.45) is 0 Å². The Kier molecular flexibility index (Phi) is 4.74. The predicted molar refractivity (Wildman–Crippen MR) is 75.7 cm³/mol. The second-order valence-electron chi connectivity index (χ2n) is 3.98. The molecule has 0 saturated carbocycles. The van der Waals surface area contributed by atoms with Gasteiger partial charge in [0.1, 0.15) is 5.75 Å². The number of rotatable bonds is 5. The largest absolute Gasteiger partial charge is 0.496 e. The zero-order valence-electron chi connectivity index (χ0n) is 10.7. The van der Waals surface area contributed by atoms with Crippen molar-refractivity contribution in [3.8, 4) is 16.9 Å². The molecule has 0 saturated heterocycles. The maximum atomic E-state index is 12.2. The van der Waals surface area contributed by atoms with E-state index in [1.165, 1.54) is 7.11 Å². The van der Waals surface area contributed by atoms with Gasteiger partial charge in [-0.05, 0) is 35.4 Å². The van der Waals surface area contributed by atoms with Crippen LogP contribution >= 0.6 is 11.8 Å². The third-order valence-corrected chi connectivity index (χ3v) is 3.49. The van der Waals surface area contributed by atoms with Crippen LogP contribution < -0.4 is 4.74 Å². The van der Waals surface area contributed by atoms with E-state index < -0.39 is 5.76 Å². The monoisotopic (exact) mass is 294 g/mol. The summed E-state index contributed by atoms with van der Waals surface area (Å²) in [5.41, 5.74) is 2.15. The molecule has 20 heavy (non-hydrogen) atoms. The van der Waals surface area contributed by atoms with Gasteiger partial charge in [-0.25, -0.2) is 0 Å². The van der Waals surface area contributed by atoms with E-state index in [4.69, 9.17) is 4.74 Å². The average molecular weight is 294 g/mol. The number of hydrogen-bond donors (Lipinski definition) is 0. The number of aldehydes is 1. The summed E-state index contributed by atoms with van der Waals surface area (Å²) in [5.74, 6) is -1.92. The van der Waals surface area contributed by atoms with Crippen molar-refractivity contribution >= 4 is 18.0 Å². The molecule has 0 N–H and O–H groups in total. The molecule has 0 aromatic heterocycles. The summed E-state index contributed by atoms with van der Waals surface area (Å²) in [6.45, 7) is 0. The number of ether oxygens (including phenoxy) is 1. The van der Waals surface area contributed by atoms with Crippen molar-refractivity contribution in [3.63, 3.8) is 0 Å². The van der Waals surface area contributed by atoms with Crippen molar-refractivity contribution in [3.05, 3.63) is 48.0 Å². The lowest BCUT2D eigenvalue weighted by atomic mass is 10.0. The Hall–Kier alpha value is -1.88. The van der Waals surface area contributed by atoms with Gasteiger partial charge in [-0.3, -0.25) is 4.79 Å². The Labute approximate surface area is 119 Å². The Morgan fingerprint density at radius 2 is 1.75 bits per heavy atom. The molecule has 0 radical (unpaired) electrons. The van der Waals surface area contributed by atoms with Crippen molar-refractivity contribution in [1.82, 2.24) is 0 Å². The smallest absolute Gasteiger partial charge is 0.288 e. The lowest BCUT2D eigenvalue weighted by Gasteiger charge is -2.07. The van der Waals surface area contributed by atoms with E-state index >= 15 is 0 Å². The van der Waals surface area contributed by atoms with Gasteiger partial charge in [-0.2, -0.15) is 8.78 Å². The quantitative estimate of drug-likeness (QED) is 0.600. The maximum Gasteiger partial charge on any atom is 0.288 e. The highest BCUT2D eigenvalue weighted by molar-refractivity contribution is 7.99. The summed E-state index contributed by atoms with van der Waals surface area (Å²) in [7, 11) is 1.50. The van der Waals surface area contributed by atoms with Crippen LogP contribution in [0.1, 0.15) is 10.4 Å². The van der Waals surface area contributed by atoms with E-state index in [9.17, 15) is 13.6 Å². The number of hydrogen-bond acceptors (Lipinski definition) is 3. The molecule has 0 aliphatic carbocycles. The van der Waals surface area contributed by atoms with Gasteiger partial charge in [0.05, 0.1) is 12.7 Å². The van der Waals surface area contributed by atoms with Crippen LogP contribution in [-0.4, -0.2) is 19.2 Å². The normalized spacial score (nSPS) is 10.6. The lowest BCUT2D eigenvalue weighted by Crippen LogP contribution is -1.91. The zero-order chi connectivity index (χ0) is 14.5. The van der Waals surface area contributed by atoms with Gasteiger partial charge in [0.25, 0.3) is 5.76 Å². The summed E-state index contributed by atoms with van der Waals surface area (Å²) >= 11 is 0.507. The summed E-state index contributed by atoms with van der Waals surface area (Å²) < 4.78 is 29.5. The highest BCUT2D eigenvalue weighted by Crippen LogP contribution is 2.29. The molecule has 0 unspecified atom stereocenters. The van der Waals surface area contributed by atoms with Gasteiger partial charge < -0.3 is 4.74 Å². The van der Waals surface area contributed by atoms with Crippen LogP contribution in [0.3, 0.4) is 0 Å². The van der Waals surface area contributed by atoms with E-state index in [1.807, 2.05) is 6.07 Å². The highest BCUT2D eigenvalue weighted by atomic mass is 32.2. The molecular weight excluding hydrogens is 282 g/mol. The Morgan fingerprint density at radius 1 is 1.10 bits per heavy atom. The van der Waals surface area contributed by atoms with Gasteiger partial charge >= 0.3 is 0 Å². The van der Waals surface area contributed by atoms with Gasteiger partial charge in [-0.1, -0.05) is 30.0 Å². The van der Waals surface area contributed by atoms with E-state index in [2.05, 4.69) is 0 Å². The van der Waals surface area contributed by atoms with Crippen molar-refractivity contribution in [1.29, 1.82) is 0 Å². The molecule has 0 heterocycles. The fourth-order valence-corrected chi connectivity index (χ4v) is 2.33. The second kappa shape index (κ2) is 6.52. The lowest BCUT2D eigenvalue weighted by molar-refractivity contribution is 0.112. The number of halogens is 2. The molecule has 0 amide bonds. The third kappa shape index (κ3) is 3.36. The zero-order valence-corrected chi connectivity index (χ0v) is 11.5. The molecule has 0 aliphatic heterocycles. The topological polar surface area (TPSA) is 26.3 Å². The molecule has 0 aliphatic rings. The summed E-state index contributed by atoms with van der Waals surface area (Å²) in [6.07, 6.45) is 0.726. The van der Waals surface area contributed by atoms with Gasteiger partial charge in [0.15, 0.2) is 6.29 Å². The number of carbonyl (C=O) groups is 1. The minimum atomic E-state index is -2.43. The molecule has 104 valence electrons. The molecular formula is C15H12F2O2S. The Morgan fingerprint density at radius 3 is 2.30 bits per heavy atom. The van der Waals surface area contributed by atoms with E-state index in [1.54, 1.807) is 36.4 Å². The van der Waals surface area contributed by atoms with Crippen LogP contribution in [0, 0.1) is 0 Å². The first-order valence-electron chi connectivity index (χ1n) is 5.82. The number of thioether (sulfide) groups is 1. The molecule has 0 bridgehead atoms. The first-order chi connectivity index (χ1) is 9.63. The van der Waals surface area contributed by atoms with Gasteiger partial charge in [0, 0.05) is 4.90 Å². The summed E-state index contributed by atoms with van der Waals surface area (Å²) in [4.78, 5) is 11.5. The van der Waals surface area contributed by atoms with E-state index in [0.717, 1.165) is 17.4 Å². The maximum absolute atomic E-state index is 12.2. The van der Waals surface area contributed by atoms with Crippen LogP contribution in [0.2, 0.25) is 0 Å². The van der Waals surface area contributed by atoms with Crippen LogP contribution in [0.25, 0.3) is 11.1 Å². The molecule has 2 nitrogen and oxygen atoms in total. The average Bonchev–Trinajstić information content (AvgIpc) is 2.46. The SMILES string of the molecule is COc1ccc(-c2ccc(SC(F)F)cc2)cc1C=O. The van der Waals surface area contributed by atoms with Crippen LogP contribution in [0.5, 0.6) is 5.75 Å². The minimum Gasteiger partial charge on any atom is -0.496 e. The van der Waals surface area contributed by atoms with E-state index in [0.29, 0.717) is 28.0 Å². The van der Waals surface area contributed by atoms with Crippen molar-refractivity contribution in [2.75, 3.05) is 7.11 Å².